The zero-order chi connectivity index (χ0) is 44.9. The monoisotopic (exact) mass is 860 g/mol. The highest BCUT2D eigenvalue weighted by molar-refractivity contribution is 6.14. The van der Waals surface area contributed by atoms with Gasteiger partial charge in [-0.1, -0.05) is 146 Å². The summed E-state index contributed by atoms with van der Waals surface area (Å²) in [6.07, 6.45) is 0. The molecule has 67 heavy (non-hydrogen) atoms. The third kappa shape index (κ3) is 5.86. The van der Waals surface area contributed by atoms with E-state index < -0.39 is 0 Å². The second-order valence-corrected chi connectivity index (χ2v) is 17.8. The predicted molar refractivity (Wildman–Crippen MR) is 278 cm³/mol. The number of rotatable bonds is 6. The molecule has 0 saturated heterocycles. The molecule has 0 bridgehead atoms. The van der Waals surface area contributed by atoms with Crippen LogP contribution in [0.25, 0.3) is 117 Å². The van der Waals surface area contributed by atoms with Gasteiger partial charge in [-0.2, -0.15) is 0 Å². The highest BCUT2D eigenvalue weighted by Gasteiger charge is 2.27. The fourth-order valence-electron chi connectivity index (χ4n) is 10.9. The second-order valence-electron chi connectivity index (χ2n) is 17.8. The number of hydrogen-bond acceptors (Lipinski definition) is 3. The Morgan fingerprint density at radius 3 is 0.866 bits per heavy atom. The number of para-hydroxylation sites is 6. The molecule has 0 atom stereocenters. The number of benzene rings is 9. The van der Waals surface area contributed by atoms with Gasteiger partial charge in [0.2, 0.25) is 0 Å². The summed E-state index contributed by atoms with van der Waals surface area (Å²) < 4.78 is 7.42. The topological polar surface area (TPSA) is 53.5 Å². The van der Waals surface area contributed by atoms with Crippen LogP contribution in [0, 0.1) is 27.7 Å². The highest BCUT2D eigenvalue weighted by atomic mass is 15.1. The summed E-state index contributed by atoms with van der Waals surface area (Å²) >= 11 is 0. The van der Waals surface area contributed by atoms with Gasteiger partial charge in [0.05, 0.1) is 50.2 Å². The lowest BCUT2D eigenvalue weighted by atomic mass is 10.0. The summed E-state index contributed by atoms with van der Waals surface area (Å²) in [5.41, 5.74) is 17.1. The Kier molecular flexibility index (Phi) is 8.68. The first-order chi connectivity index (χ1) is 32.9. The molecule has 0 aliphatic carbocycles. The van der Waals surface area contributed by atoms with Crippen molar-refractivity contribution in [2.45, 2.75) is 27.7 Å². The molecule has 318 valence electrons. The Morgan fingerprint density at radius 1 is 0.284 bits per heavy atom. The molecule has 0 spiro atoms. The molecule has 13 rings (SSSR count). The molecule has 13 aromatic rings. The van der Waals surface area contributed by atoms with Gasteiger partial charge in [-0.15, -0.1) is 0 Å². The van der Waals surface area contributed by atoms with Crippen molar-refractivity contribution >= 4 is 65.4 Å². The molecule has 0 aliphatic rings. The van der Waals surface area contributed by atoms with Gasteiger partial charge in [0.15, 0.2) is 17.5 Å². The van der Waals surface area contributed by atoms with Crippen molar-refractivity contribution in [3.63, 3.8) is 0 Å². The van der Waals surface area contributed by atoms with Crippen LogP contribution in [0.5, 0.6) is 0 Å². The van der Waals surface area contributed by atoms with Crippen molar-refractivity contribution in [1.29, 1.82) is 0 Å². The summed E-state index contributed by atoms with van der Waals surface area (Å²) in [5, 5.41) is 7.12. The molecule has 0 aliphatic heterocycles. The minimum Gasteiger partial charge on any atom is -0.307 e. The van der Waals surface area contributed by atoms with E-state index in [4.69, 9.17) is 15.0 Å². The van der Waals surface area contributed by atoms with Gasteiger partial charge in [0.25, 0.3) is 0 Å². The fourth-order valence-corrected chi connectivity index (χ4v) is 10.9. The summed E-state index contributed by atoms with van der Waals surface area (Å²) in [4.78, 5) is 16.4. The molecule has 9 aromatic carbocycles. The zero-order valence-corrected chi connectivity index (χ0v) is 37.7. The number of nitrogens with zero attached hydrogens (tertiary/aromatic N) is 6. The van der Waals surface area contributed by atoms with Crippen LogP contribution in [0.15, 0.2) is 194 Å². The standard InChI is InChI=1S/C61H44N6/c1-37-19-17-20-38(2)56(37)60-62-59(63-61(64-60)57-39(3)21-18-22-40(57)4)41-35-54(65-48-29-11-5-23-42(48)43-24-6-12-30-49(43)65)58(67-52-33-15-9-27-46(52)47-28-10-16-34-53(47)67)55(36-41)66-50-31-13-7-25-44(50)45-26-8-14-32-51(45)66/h5-36H,1-4H3. The first kappa shape index (κ1) is 38.8. The average Bonchev–Trinajstić information content (AvgIpc) is 3.99. The maximum Gasteiger partial charge on any atom is 0.164 e. The van der Waals surface area contributed by atoms with E-state index in [-0.39, 0.29) is 0 Å². The number of hydrogen-bond donors (Lipinski definition) is 0. The Bertz CT molecular complexity index is 3760. The van der Waals surface area contributed by atoms with E-state index in [0.717, 1.165) is 89.1 Å². The van der Waals surface area contributed by atoms with Gasteiger partial charge in [0.1, 0.15) is 0 Å². The Balaban J connectivity index is 1.27. The fraction of sp³-hybridized carbons (Fsp3) is 0.0656. The Hall–Kier alpha value is -8.61. The molecule has 4 aromatic heterocycles. The van der Waals surface area contributed by atoms with E-state index in [1.807, 2.05) is 0 Å². The second kappa shape index (κ2) is 15.0. The molecule has 4 heterocycles. The maximum absolute atomic E-state index is 5.52. The Morgan fingerprint density at radius 2 is 0.552 bits per heavy atom. The number of aryl methyl sites for hydroxylation is 4. The van der Waals surface area contributed by atoms with Crippen molar-refractivity contribution in [3.05, 3.63) is 216 Å². The molecular formula is C61H44N6. The van der Waals surface area contributed by atoms with Crippen molar-refractivity contribution in [1.82, 2.24) is 28.7 Å². The van der Waals surface area contributed by atoms with Gasteiger partial charge >= 0.3 is 0 Å². The lowest BCUT2D eigenvalue weighted by Crippen LogP contribution is -2.11. The van der Waals surface area contributed by atoms with Crippen molar-refractivity contribution < 1.29 is 0 Å². The van der Waals surface area contributed by atoms with Crippen LogP contribution in [-0.4, -0.2) is 28.7 Å². The van der Waals surface area contributed by atoms with E-state index in [0.29, 0.717) is 17.5 Å². The van der Waals surface area contributed by atoms with Crippen LogP contribution < -0.4 is 0 Å². The van der Waals surface area contributed by atoms with Gasteiger partial charge in [-0.25, -0.2) is 15.0 Å². The summed E-state index contributed by atoms with van der Waals surface area (Å²) in [6.45, 7) is 8.58. The normalized spacial score (nSPS) is 11.9. The van der Waals surface area contributed by atoms with Gasteiger partial charge < -0.3 is 13.7 Å². The molecule has 0 amide bonds. The van der Waals surface area contributed by atoms with Crippen LogP contribution in [0.1, 0.15) is 22.3 Å². The van der Waals surface area contributed by atoms with Crippen LogP contribution in [0.3, 0.4) is 0 Å². The third-order valence-corrected chi connectivity index (χ3v) is 13.8. The lowest BCUT2D eigenvalue weighted by molar-refractivity contribution is 1.04. The van der Waals surface area contributed by atoms with Crippen LogP contribution in [-0.2, 0) is 0 Å². The molecule has 0 unspecified atom stereocenters. The van der Waals surface area contributed by atoms with E-state index >= 15 is 0 Å². The lowest BCUT2D eigenvalue weighted by Gasteiger charge is -2.23. The maximum atomic E-state index is 5.52. The van der Waals surface area contributed by atoms with Crippen LogP contribution in [0.2, 0.25) is 0 Å². The molecule has 6 heteroatoms. The minimum atomic E-state index is 0.600. The van der Waals surface area contributed by atoms with Crippen LogP contribution in [0.4, 0.5) is 0 Å². The van der Waals surface area contributed by atoms with Gasteiger partial charge in [0, 0.05) is 49.0 Å². The summed E-state index contributed by atoms with van der Waals surface area (Å²) in [6, 6.07) is 70.2. The molecule has 0 fully saturated rings. The van der Waals surface area contributed by atoms with Crippen molar-refractivity contribution in [2.75, 3.05) is 0 Å². The van der Waals surface area contributed by atoms with Gasteiger partial charge in [-0.05, 0) is 98.5 Å². The highest BCUT2D eigenvalue weighted by Crippen LogP contribution is 2.45. The smallest absolute Gasteiger partial charge is 0.164 e. The van der Waals surface area contributed by atoms with E-state index in [1.165, 1.54) is 32.3 Å². The first-order valence-corrected chi connectivity index (χ1v) is 23.0. The summed E-state index contributed by atoms with van der Waals surface area (Å²) in [7, 11) is 0. The SMILES string of the molecule is Cc1cccc(C)c1-c1nc(-c2cc(-n3c4ccccc4c4ccccc43)c(-n3c4ccccc4c4ccccc43)c(-n3c4ccccc4c4ccccc43)c2)nc(-c2c(C)cccc2C)n1. The minimum absolute atomic E-state index is 0.600. The number of fused-ring (bicyclic) bond motifs is 9. The van der Waals surface area contributed by atoms with Crippen molar-refractivity contribution in [3.8, 4) is 51.2 Å². The van der Waals surface area contributed by atoms with E-state index in [1.54, 1.807) is 0 Å². The molecule has 6 nitrogen and oxygen atoms in total. The van der Waals surface area contributed by atoms with Crippen molar-refractivity contribution in [2.24, 2.45) is 0 Å². The quantitative estimate of drug-likeness (QED) is 0.167. The molecule has 0 N–H and O–H groups in total. The molecule has 0 radical (unpaired) electrons. The third-order valence-electron chi connectivity index (χ3n) is 13.8. The zero-order valence-electron chi connectivity index (χ0n) is 37.7. The summed E-state index contributed by atoms with van der Waals surface area (Å²) in [5.74, 6) is 1.91. The average molecular weight is 861 g/mol. The van der Waals surface area contributed by atoms with E-state index in [9.17, 15) is 0 Å². The van der Waals surface area contributed by atoms with Gasteiger partial charge in [-0.3, -0.25) is 0 Å². The molecular weight excluding hydrogens is 817 g/mol. The van der Waals surface area contributed by atoms with E-state index in [2.05, 4.69) is 236 Å². The Labute approximate surface area is 387 Å². The first-order valence-electron chi connectivity index (χ1n) is 23.0. The largest absolute Gasteiger partial charge is 0.307 e. The molecule has 0 saturated carbocycles. The van der Waals surface area contributed by atoms with Crippen LogP contribution >= 0.6 is 0 Å². The predicted octanol–water partition coefficient (Wildman–Crippen LogP) is 15.4. The number of aromatic nitrogens is 6.